The van der Waals surface area contributed by atoms with Crippen molar-refractivity contribution in [3.8, 4) is 0 Å². The van der Waals surface area contributed by atoms with Crippen LogP contribution >= 0.6 is 11.3 Å². The van der Waals surface area contributed by atoms with E-state index in [1.54, 1.807) is 11.3 Å². The first-order valence-corrected chi connectivity index (χ1v) is 10.7. The molecule has 0 atom stereocenters. The van der Waals surface area contributed by atoms with Crippen LogP contribution < -0.4 is 10.6 Å². The van der Waals surface area contributed by atoms with E-state index in [0.29, 0.717) is 26.2 Å². The Morgan fingerprint density at radius 2 is 1.82 bits per heavy atom. The molecule has 1 aliphatic rings. The minimum absolute atomic E-state index is 0.00747. The summed E-state index contributed by atoms with van der Waals surface area (Å²) >= 11 is 1.71. The van der Waals surface area contributed by atoms with E-state index in [-0.39, 0.29) is 11.9 Å². The lowest BCUT2D eigenvalue weighted by atomic mass is 10.2. The fraction of sp³-hybridized carbons (Fsp3) is 0.429. The molecule has 0 bridgehead atoms. The third-order valence-corrected chi connectivity index (χ3v) is 5.74. The Labute approximate surface area is 170 Å². The summed E-state index contributed by atoms with van der Waals surface area (Å²) in [7, 11) is 0. The second-order valence-electron chi connectivity index (χ2n) is 6.94. The fourth-order valence-electron chi connectivity index (χ4n) is 3.25. The minimum atomic E-state index is -0.00747. The average molecular weight is 401 g/mol. The maximum absolute atomic E-state index is 12.4. The molecule has 7 heteroatoms. The Balaban J connectivity index is 1.35. The molecule has 2 N–H and O–H groups in total. The molecule has 2 aromatic rings. The first-order valence-electron chi connectivity index (χ1n) is 9.79. The van der Waals surface area contributed by atoms with Crippen LogP contribution in [-0.2, 0) is 17.8 Å². The van der Waals surface area contributed by atoms with Gasteiger partial charge < -0.3 is 15.5 Å². The molecular weight excluding hydrogens is 372 g/mol. The second-order valence-corrected chi connectivity index (χ2v) is 7.97. The summed E-state index contributed by atoms with van der Waals surface area (Å²) in [5.74, 6) is 0.0257. The molecule has 0 aliphatic carbocycles. The minimum Gasteiger partial charge on any atom is -0.351 e. The van der Waals surface area contributed by atoms with E-state index < -0.39 is 0 Å². The SMILES string of the molecule is O=C(CN1CCCN(C(=O)NCCc2cccs2)CC1)NCc1ccccc1. The molecule has 0 radical (unpaired) electrons. The summed E-state index contributed by atoms with van der Waals surface area (Å²) < 4.78 is 0. The summed E-state index contributed by atoms with van der Waals surface area (Å²) in [5.41, 5.74) is 1.09. The highest BCUT2D eigenvalue weighted by molar-refractivity contribution is 7.09. The number of carbonyl (C=O) groups is 2. The van der Waals surface area contributed by atoms with Gasteiger partial charge in [-0.25, -0.2) is 4.79 Å². The van der Waals surface area contributed by atoms with E-state index >= 15 is 0 Å². The highest BCUT2D eigenvalue weighted by Gasteiger charge is 2.20. The van der Waals surface area contributed by atoms with Gasteiger partial charge in [-0.05, 0) is 29.9 Å². The summed E-state index contributed by atoms with van der Waals surface area (Å²) in [6.45, 7) is 4.51. The van der Waals surface area contributed by atoms with Crippen LogP contribution in [0.4, 0.5) is 4.79 Å². The van der Waals surface area contributed by atoms with Crippen molar-refractivity contribution in [2.24, 2.45) is 0 Å². The smallest absolute Gasteiger partial charge is 0.317 e. The summed E-state index contributed by atoms with van der Waals surface area (Å²) in [6.07, 6.45) is 1.75. The van der Waals surface area contributed by atoms with Crippen molar-refractivity contribution in [2.45, 2.75) is 19.4 Å². The Morgan fingerprint density at radius 1 is 0.964 bits per heavy atom. The van der Waals surface area contributed by atoms with E-state index in [1.807, 2.05) is 41.3 Å². The predicted octanol–water partition coefficient (Wildman–Crippen LogP) is 2.32. The first-order chi connectivity index (χ1) is 13.7. The Hall–Kier alpha value is -2.38. The average Bonchev–Trinajstić information content (AvgIpc) is 3.12. The first kappa shape index (κ1) is 20.4. The van der Waals surface area contributed by atoms with Crippen LogP contribution in [0.3, 0.4) is 0 Å². The van der Waals surface area contributed by atoms with Gasteiger partial charge in [0, 0.05) is 44.1 Å². The van der Waals surface area contributed by atoms with E-state index in [2.05, 4.69) is 27.0 Å². The molecule has 28 heavy (non-hydrogen) atoms. The summed E-state index contributed by atoms with van der Waals surface area (Å²) in [5, 5.41) is 8.03. The molecule has 3 amide bonds. The number of nitrogens with zero attached hydrogens (tertiary/aromatic N) is 2. The lowest BCUT2D eigenvalue weighted by Gasteiger charge is -2.22. The van der Waals surface area contributed by atoms with Gasteiger partial charge >= 0.3 is 6.03 Å². The molecule has 2 heterocycles. The second kappa shape index (κ2) is 10.8. The molecule has 1 aliphatic heterocycles. The van der Waals surface area contributed by atoms with Gasteiger partial charge in [-0.2, -0.15) is 0 Å². The largest absolute Gasteiger partial charge is 0.351 e. The number of benzene rings is 1. The maximum atomic E-state index is 12.4. The molecule has 1 fully saturated rings. The topological polar surface area (TPSA) is 64.7 Å². The van der Waals surface area contributed by atoms with Crippen LogP contribution in [-0.4, -0.2) is 61.0 Å². The molecule has 0 spiro atoms. The number of urea groups is 1. The highest BCUT2D eigenvalue weighted by atomic mass is 32.1. The third-order valence-electron chi connectivity index (χ3n) is 4.80. The zero-order chi connectivity index (χ0) is 19.6. The number of thiophene rings is 1. The molecule has 6 nitrogen and oxygen atoms in total. The number of rotatable bonds is 7. The quantitative estimate of drug-likeness (QED) is 0.750. The van der Waals surface area contributed by atoms with E-state index in [4.69, 9.17) is 0 Å². The molecular formula is C21H28N4O2S. The molecule has 1 aromatic carbocycles. The highest BCUT2D eigenvalue weighted by Crippen LogP contribution is 2.08. The summed E-state index contributed by atoms with van der Waals surface area (Å²) in [6, 6.07) is 14.0. The summed E-state index contributed by atoms with van der Waals surface area (Å²) in [4.78, 5) is 29.9. The normalized spacial score (nSPS) is 15.1. The van der Waals surface area contributed by atoms with Crippen molar-refractivity contribution in [1.82, 2.24) is 20.4 Å². The van der Waals surface area contributed by atoms with Crippen LogP contribution in [0.15, 0.2) is 47.8 Å². The van der Waals surface area contributed by atoms with Gasteiger partial charge in [-0.1, -0.05) is 36.4 Å². The van der Waals surface area contributed by atoms with Gasteiger partial charge in [0.2, 0.25) is 5.91 Å². The van der Waals surface area contributed by atoms with Crippen molar-refractivity contribution in [2.75, 3.05) is 39.3 Å². The third kappa shape index (κ3) is 6.65. The number of hydrogen-bond acceptors (Lipinski definition) is 4. The van der Waals surface area contributed by atoms with Gasteiger partial charge in [0.05, 0.1) is 6.54 Å². The van der Waals surface area contributed by atoms with E-state index in [0.717, 1.165) is 38.0 Å². The van der Waals surface area contributed by atoms with Gasteiger partial charge in [-0.3, -0.25) is 9.69 Å². The van der Waals surface area contributed by atoms with Crippen molar-refractivity contribution >= 4 is 23.3 Å². The number of amides is 3. The van der Waals surface area contributed by atoms with Crippen molar-refractivity contribution in [3.05, 3.63) is 58.3 Å². The predicted molar refractivity (Wildman–Crippen MR) is 112 cm³/mol. The monoisotopic (exact) mass is 400 g/mol. The maximum Gasteiger partial charge on any atom is 0.317 e. The van der Waals surface area contributed by atoms with Crippen LogP contribution in [0.5, 0.6) is 0 Å². The number of carbonyl (C=O) groups excluding carboxylic acids is 2. The van der Waals surface area contributed by atoms with Crippen LogP contribution in [0.25, 0.3) is 0 Å². The number of hydrogen-bond donors (Lipinski definition) is 2. The Morgan fingerprint density at radius 3 is 2.61 bits per heavy atom. The molecule has 150 valence electrons. The molecule has 3 rings (SSSR count). The number of nitrogens with one attached hydrogen (secondary N) is 2. The molecule has 1 aromatic heterocycles. The van der Waals surface area contributed by atoms with Crippen LogP contribution in [0, 0.1) is 0 Å². The molecule has 0 saturated carbocycles. The van der Waals surface area contributed by atoms with Crippen molar-refractivity contribution in [3.63, 3.8) is 0 Å². The van der Waals surface area contributed by atoms with Gasteiger partial charge in [0.25, 0.3) is 0 Å². The van der Waals surface area contributed by atoms with Gasteiger partial charge in [-0.15, -0.1) is 11.3 Å². The van der Waals surface area contributed by atoms with E-state index in [9.17, 15) is 9.59 Å². The van der Waals surface area contributed by atoms with E-state index in [1.165, 1.54) is 4.88 Å². The Kier molecular flexibility index (Phi) is 7.87. The Bertz CT molecular complexity index is 736. The van der Waals surface area contributed by atoms with Crippen molar-refractivity contribution < 1.29 is 9.59 Å². The standard InChI is InChI=1S/C21H28N4O2S/c26-20(23-16-18-6-2-1-3-7-18)17-24-11-5-12-25(14-13-24)21(27)22-10-9-19-8-4-15-28-19/h1-4,6-8,15H,5,9-14,16-17H2,(H,22,27)(H,23,26). The zero-order valence-corrected chi connectivity index (χ0v) is 16.9. The van der Waals surface area contributed by atoms with Crippen molar-refractivity contribution in [1.29, 1.82) is 0 Å². The van der Waals surface area contributed by atoms with Gasteiger partial charge in [0.15, 0.2) is 0 Å². The molecule has 1 saturated heterocycles. The molecule has 0 unspecified atom stereocenters. The lowest BCUT2D eigenvalue weighted by Crippen LogP contribution is -2.43. The van der Waals surface area contributed by atoms with Crippen LogP contribution in [0.1, 0.15) is 16.9 Å². The van der Waals surface area contributed by atoms with Crippen LogP contribution in [0.2, 0.25) is 0 Å². The zero-order valence-electron chi connectivity index (χ0n) is 16.1. The van der Waals surface area contributed by atoms with Gasteiger partial charge in [0.1, 0.15) is 0 Å². The lowest BCUT2D eigenvalue weighted by molar-refractivity contribution is -0.122. The fourth-order valence-corrected chi connectivity index (χ4v) is 3.96.